The predicted octanol–water partition coefficient (Wildman–Crippen LogP) is 5.76. The van der Waals surface area contributed by atoms with E-state index in [9.17, 15) is 18.0 Å². The van der Waals surface area contributed by atoms with Gasteiger partial charge in [-0.25, -0.2) is 9.50 Å². The summed E-state index contributed by atoms with van der Waals surface area (Å²) in [6.45, 7) is 5.49. The van der Waals surface area contributed by atoms with Crippen molar-refractivity contribution in [1.82, 2.24) is 24.8 Å². The molecule has 2 aromatic heterocycles. The van der Waals surface area contributed by atoms with E-state index in [1.807, 2.05) is 6.07 Å². The minimum atomic E-state index is -4.39. The summed E-state index contributed by atoms with van der Waals surface area (Å²) in [5, 5.41) is 7.52. The fourth-order valence-electron chi connectivity index (χ4n) is 5.00. The SMILES string of the molecule is Cc1c(C(=O)NCCC2CCN(Cc3ccccc3)CC2)cnc2cc(-c3ccc(C(F)(F)F)cc3)nn12. The van der Waals surface area contributed by atoms with Crippen LogP contribution in [-0.2, 0) is 12.7 Å². The number of carbonyl (C=O) groups excluding carboxylic acids is 1. The molecule has 1 N–H and O–H groups in total. The zero-order valence-corrected chi connectivity index (χ0v) is 21.2. The second-order valence-electron chi connectivity index (χ2n) is 9.88. The van der Waals surface area contributed by atoms with E-state index in [4.69, 9.17) is 0 Å². The van der Waals surface area contributed by atoms with Gasteiger partial charge in [0.25, 0.3) is 5.91 Å². The van der Waals surface area contributed by atoms with Crippen LogP contribution in [0.5, 0.6) is 0 Å². The van der Waals surface area contributed by atoms with Gasteiger partial charge in [-0.1, -0.05) is 42.5 Å². The molecule has 1 fully saturated rings. The van der Waals surface area contributed by atoms with Crippen LogP contribution in [0.15, 0.2) is 66.9 Å². The summed E-state index contributed by atoms with van der Waals surface area (Å²) in [4.78, 5) is 19.8. The van der Waals surface area contributed by atoms with Gasteiger partial charge >= 0.3 is 6.18 Å². The van der Waals surface area contributed by atoms with Crippen LogP contribution in [0, 0.1) is 12.8 Å². The van der Waals surface area contributed by atoms with E-state index in [1.165, 1.54) is 23.9 Å². The van der Waals surface area contributed by atoms with Crippen molar-refractivity contribution in [2.45, 2.75) is 38.9 Å². The van der Waals surface area contributed by atoms with Gasteiger partial charge in [0.1, 0.15) is 0 Å². The Morgan fingerprint density at radius 2 is 1.76 bits per heavy atom. The van der Waals surface area contributed by atoms with Gasteiger partial charge in [0.15, 0.2) is 5.65 Å². The summed E-state index contributed by atoms with van der Waals surface area (Å²) in [7, 11) is 0. The van der Waals surface area contributed by atoms with Crippen molar-refractivity contribution in [2.24, 2.45) is 5.92 Å². The van der Waals surface area contributed by atoms with Crippen molar-refractivity contribution in [3.05, 3.63) is 89.2 Å². The number of amides is 1. The summed E-state index contributed by atoms with van der Waals surface area (Å²) in [5.41, 5.74) is 3.24. The van der Waals surface area contributed by atoms with Crippen LogP contribution in [0.3, 0.4) is 0 Å². The first-order valence-electron chi connectivity index (χ1n) is 12.9. The highest BCUT2D eigenvalue weighted by Crippen LogP contribution is 2.31. The molecule has 2 aromatic carbocycles. The molecular weight excluding hydrogens is 491 g/mol. The molecule has 1 aliphatic heterocycles. The summed E-state index contributed by atoms with van der Waals surface area (Å²) < 4.78 is 40.2. The minimum absolute atomic E-state index is 0.204. The van der Waals surface area contributed by atoms with Crippen molar-refractivity contribution in [3.63, 3.8) is 0 Å². The Hall–Kier alpha value is -3.72. The van der Waals surface area contributed by atoms with E-state index < -0.39 is 11.7 Å². The van der Waals surface area contributed by atoms with Crippen LogP contribution in [0.4, 0.5) is 13.2 Å². The molecular formula is C29H30F3N5O. The van der Waals surface area contributed by atoms with Gasteiger partial charge in [-0.05, 0) is 62.9 Å². The fourth-order valence-corrected chi connectivity index (χ4v) is 5.00. The molecule has 6 nitrogen and oxygen atoms in total. The number of likely N-dealkylation sites (tertiary alicyclic amines) is 1. The van der Waals surface area contributed by atoms with E-state index >= 15 is 0 Å². The molecule has 1 aliphatic rings. The number of benzene rings is 2. The van der Waals surface area contributed by atoms with Crippen molar-refractivity contribution in [2.75, 3.05) is 19.6 Å². The van der Waals surface area contributed by atoms with Crippen LogP contribution >= 0.6 is 0 Å². The van der Waals surface area contributed by atoms with E-state index in [-0.39, 0.29) is 5.91 Å². The number of alkyl halides is 3. The smallest absolute Gasteiger partial charge is 0.352 e. The number of hydrogen-bond acceptors (Lipinski definition) is 4. The summed E-state index contributed by atoms with van der Waals surface area (Å²) in [5.74, 6) is 0.381. The molecule has 0 saturated carbocycles. The van der Waals surface area contributed by atoms with Gasteiger partial charge in [-0.15, -0.1) is 0 Å². The second-order valence-corrected chi connectivity index (χ2v) is 9.88. The van der Waals surface area contributed by atoms with Crippen molar-refractivity contribution >= 4 is 11.6 Å². The maximum Gasteiger partial charge on any atom is 0.416 e. The Morgan fingerprint density at radius 1 is 1.05 bits per heavy atom. The molecule has 4 aromatic rings. The van der Waals surface area contributed by atoms with E-state index in [1.54, 1.807) is 17.5 Å². The van der Waals surface area contributed by atoms with Crippen molar-refractivity contribution in [3.8, 4) is 11.3 Å². The average molecular weight is 522 g/mol. The maximum absolute atomic E-state index is 12.9. The number of nitrogens with one attached hydrogen (secondary N) is 1. The normalized spacial score (nSPS) is 15.2. The largest absolute Gasteiger partial charge is 0.416 e. The first-order valence-corrected chi connectivity index (χ1v) is 12.9. The molecule has 0 radical (unpaired) electrons. The molecule has 198 valence electrons. The Balaban J connectivity index is 1.16. The van der Waals surface area contributed by atoms with Crippen molar-refractivity contribution in [1.29, 1.82) is 0 Å². The molecule has 1 amide bonds. The number of carbonyl (C=O) groups is 1. The van der Waals surface area contributed by atoms with Crippen LogP contribution in [0.25, 0.3) is 16.9 Å². The molecule has 1 saturated heterocycles. The minimum Gasteiger partial charge on any atom is -0.352 e. The standard InChI is InChI=1S/C29H30F3N5O/c1-20-25(18-34-27-17-26(35-37(20)27)23-7-9-24(10-8-23)29(30,31)32)28(38)33-14-11-21-12-15-36(16-13-21)19-22-5-3-2-4-6-22/h2-10,17-18,21H,11-16,19H2,1H3,(H,33,38). The number of piperidine rings is 1. The predicted molar refractivity (Wildman–Crippen MR) is 140 cm³/mol. The molecule has 3 heterocycles. The third-order valence-electron chi connectivity index (χ3n) is 7.27. The van der Waals surface area contributed by atoms with Crippen LogP contribution < -0.4 is 5.32 Å². The Morgan fingerprint density at radius 3 is 2.45 bits per heavy atom. The molecule has 5 rings (SSSR count). The van der Waals surface area contributed by atoms with E-state index in [0.717, 1.165) is 51.0 Å². The lowest BCUT2D eigenvalue weighted by Crippen LogP contribution is -2.35. The lowest BCUT2D eigenvalue weighted by molar-refractivity contribution is -0.137. The van der Waals surface area contributed by atoms with Gasteiger partial charge in [0, 0.05) is 30.9 Å². The Labute approximate surface area is 219 Å². The number of aromatic nitrogens is 3. The highest BCUT2D eigenvalue weighted by molar-refractivity contribution is 5.95. The van der Waals surface area contributed by atoms with Gasteiger partial charge in [0.05, 0.1) is 22.5 Å². The van der Waals surface area contributed by atoms with Crippen LogP contribution in [0.2, 0.25) is 0 Å². The third-order valence-corrected chi connectivity index (χ3v) is 7.27. The Kier molecular flexibility index (Phi) is 7.46. The lowest BCUT2D eigenvalue weighted by atomic mass is 9.93. The van der Waals surface area contributed by atoms with E-state index in [0.29, 0.717) is 40.6 Å². The molecule has 9 heteroatoms. The summed E-state index contributed by atoms with van der Waals surface area (Å²) >= 11 is 0. The average Bonchev–Trinajstić information content (AvgIpc) is 3.35. The highest BCUT2D eigenvalue weighted by atomic mass is 19.4. The first kappa shape index (κ1) is 25.9. The van der Waals surface area contributed by atoms with Gasteiger partial charge in [-0.2, -0.15) is 18.3 Å². The summed E-state index contributed by atoms with van der Waals surface area (Å²) in [6, 6.07) is 17.0. The fraction of sp³-hybridized carbons (Fsp3) is 0.345. The van der Waals surface area contributed by atoms with Gasteiger partial charge in [-0.3, -0.25) is 9.69 Å². The number of aryl methyl sites for hydroxylation is 1. The highest BCUT2D eigenvalue weighted by Gasteiger charge is 2.30. The molecule has 0 atom stereocenters. The third kappa shape index (κ3) is 5.88. The van der Waals surface area contributed by atoms with Gasteiger partial charge in [0.2, 0.25) is 0 Å². The number of rotatable bonds is 7. The number of hydrogen-bond donors (Lipinski definition) is 1. The molecule has 0 spiro atoms. The van der Waals surface area contributed by atoms with Gasteiger partial charge < -0.3 is 5.32 Å². The topological polar surface area (TPSA) is 62.5 Å². The molecule has 0 bridgehead atoms. The lowest BCUT2D eigenvalue weighted by Gasteiger charge is -2.32. The monoisotopic (exact) mass is 521 g/mol. The zero-order chi connectivity index (χ0) is 26.7. The van der Waals surface area contributed by atoms with Crippen LogP contribution in [0.1, 0.15) is 46.4 Å². The maximum atomic E-state index is 12.9. The quantitative estimate of drug-likeness (QED) is 0.336. The second kappa shape index (κ2) is 10.9. The first-order chi connectivity index (χ1) is 18.3. The van der Waals surface area contributed by atoms with Crippen molar-refractivity contribution < 1.29 is 18.0 Å². The summed E-state index contributed by atoms with van der Waals surface area (Å²) in [6.07, 6.45) is 0.307. The number of halogens is 3. The van der Waals surface area contributed by atoms with Crippen LogP contribution in [-0.4, -0.2) is 45.0 Å². The number of nitrogens with zero attached hydrogens (tertiary/aromatic N) is 4. The number of fused-ring (bicyclic) bond motifs is 1. The van der Waals surface area contributed by atoms with E-state index in [2.05, 4.69) is 44.6 Å². The molecule has 0 aliphatic carbocycles. The molecule has 38 heavy (non-hydrogen) atoms. The molecule has 0 unspecified atom stereocenters. The zero-order valence-electron chi connectivity index (χ0n) is 21.2. The Bertz CT molecular complexity index is 1390.